The molecule has 158 valence electrons. The Kier molecular flexibility index (Phi) is 8.54. The predicted molar refractivity (Wildman–Crippen MR) is 117 cm³/mol. The molecule has 0 fully saturated rings. The van der Waals surface area contributed by atoms with E-state index in [2.05, 4.69) is 36.5 Å². The van der Waals surface area contributed by atoms with Gasteiger partial charge in [0.05, 0.1) is 17.8 Å². The van der Waals surface area contributed by atoms with Crippen molar-refractivity contribution in [1.82, 2.24) is 5.43 Å². The molecule has 2 aromatic rings. The summed E-state index contributed by atoms with van der Waals surface area (Å²) in [5.41, 5.74) is 5.79. The van der Waals surface area contributed by atoms with E-state index >= 15 is 0 Å². The minimum absolute atomic E-state index is 0.206. The zero-order valence-electron chi connectivity index (χ0n) is 16.8. The molecule has 0 unspecified atom stereocenters. The van der Waals surface area contributed by atoms with E-state index in [0.29, 0.717) is 21.5 Å². The summed E-state index contributed by atoms with van der Waals surface area (Å²) < 4.78 is 10.4. The van der Waals surface area contributed by atoms with E-state index in [1.807, 2.05) is 26.0 Å². The molecule has 2 amide bonds. The van der Waals surface area contributed by atoms with Gasteiger partial charge >= 0.3 is 5.97 Å². The molecule has 0 heterocycles. The number of benzene rings is 2. The summed E-state index contributed by atoms with van der Waals surface area (Å²) in [5, 5.41) is 6.53. The topological polar surface area (TPSA) is 106 Å². The number of aryl methyl sites for hydroxylation is 2. The number of rotatable bonds is 8. The molecule has 0 aliphatic rings. The van der Waals surface area contributed by atoms with Gasteiger partial charge in [0, 0.05) is 5.69 Å². The number of nitrogens with one attached hydrogen (secondary N) is 2. The molecule has 0 radical (unpaired) electrons. The van der Waals surface area contributed by atoms with Gasteiger partial charge in [-0.15, -0.1) is 0 Å². The number of amides is 2. The molecule has 0 aromatic heterocycles. The van der Waals surface area contributed by atoms with E-state index < -0.39 is 17.8 Å². The first-order valence-electron chi connectivity index (χ1n) is 8.96. The number of hydrazone groups is 1. The van der Waals surface area contributed by atoms with Crippen molar-refractivity contribution in [3.8, 4) is 5.75 Å². The molecule has 0 aliphatic carbocycles. The Morgan fingerprint density at radius 2 is 1.83 bits per heavy atom. The number of hydrogen-bond donors (Lipinski definition) is 2. The first-order chi connectivity index (χ1) is 14.3. The number of halogens is 1. The molecule has 0 saturated carbocycles. The van der Waals surface area contributed by atoms with E-state index in [-0.39, 0.29) is 13.0 Å². The molecule has 0 saturated heterocycles. The summed E-state index contributed by atoms with van der Waals surface area (Å²) in [6.07, 6.45) is 1.07. The highest BCUT2D eigenvalue weighted by Crippen LogP contribution is 2.25. The highest BCUT2D eigenvalue weighted by molar-refractivity contribution is 9.10. The van der Waals surface area contributed by atoms with Crippen LogP contribution in [0, 0.1) is 13.8 Å². The molecule has 9 heteroatoms. The van der Waals surface area contributed by atoms with Crippen LogP contribution >= 0.6 is 15.9 Å². The Balaban J connectivity index is 1.83. The van der Waals surface area contributed by atoms with Crippen LogP contribution in [0.4, 0.5) is 5.69 Å². The summed E-state index contributed by atoms with van der Waals surface area (Å²) in [4.78, 5) is 35.0. The van der Waals surface area contributed by atoms with Crippen molar-refractivity contribution in [2.45, 2.75) is 20.3 Å². The smallest absolute Gasteiger partial charge is 0.343 e. The molecule has 0 aliphatic heterocycles. The number of nitrogens with zero attached hydrogens (tertiary/aromatic N) is 1. The summed E-state index contributed by atoms with van der Waals surface area (Å²) in [7, 11) is 1.28. The molecule has 2 rings (SSSR count). The Morgan fingerprint density at radius 3 is 2.50 bits per heavy atom. The molecular formula is C21H22BrN3O5. The second kappa shape index (κ2) is 11.1. The maximum Gasteiger partial charge on any atom is 0.343 e. The van der Waals surface area contributed by atoms with Crippen molar-refractivity contribution in [2.24, 2.45) is 5.10 Å². The third-order valence-electron chi connectivity index (χ3n) is 4.04. The van der Waals surface area contributed by atoms with E-state index in [9.17, 15) is 14.4 Å². The fourth-order valence-corrected chi connectivity index (χ4v) is 2.81. The number of methoxy groups -OCH3 is 1. The van der Waals surface area contributed by atoms with Crippen molar-refractivity contribution >= 4 is 45.6 Å². The van der Waals surface area contributed by atoms with Gasteiger partial charge in [-0.25, -0.2) is 10.2 Å². The Bertz CT molecular complexity index is 975. The number of anilines is 1. The lowest BCUT2D eigenvalue weighted by Gasteiger charge is -2.07. The van der Waals surface area contributed by atoms with Crippen molar-refractivity contribution in [2.75, 3.05) is 19.0 Å². The van der Waals surface area contributed by atoms with Crippen LogP contribution < -0.4 is 15.5 Å². The Morgan fingerprint density at radius 1 is 1.07 bits per heavy atom. The van der Waals surface area contributed by atoms with E-state index in [4.69, 9.17) is 4.74 Å². The molecule has 2 N–H and O–H groups in total. The van der Waals surface area contributed by atoms with Gasteiger partial charge in [0.25, 0.3) is 0 Å². The zero-order valence-corrected chi connectivity index (χ0v) is 18.4. The van der Waals surface area contributed by atoms with E-state index in [0.717, 1.165) is 11.1 Å². The molecule has 30 heavy (non-hydrogen) atoms. The lowest BCUT2D eigenvalue weighted by atomic mass is 10.1. The largest absolute Gasteiger partial charge is 0.481 e. The first-order valence-corrected chi connectivity index (χ1v) is 9.76. The van der Waals surface area contributed by atoms with Gasteiger partial charge in [0.2, 0.25) is 11.8 Å². The van der Waals surface area contributed by atoms with Gasteiger partial charge in [0.15, 0.2) is 6.61 Å². The maximum absolute atomic E-state index is 12.0. The molecule has 0 spiro atoms. The van der Waals surface area contributed by atoms with Crippen LogP contribution in [-0.4, -0.2) is 37.7 Å². The van der Waals surface area contributed by atoms with E-state index in [1.165, 1.54) is 13.3 Å². The van der Waals surface area contributed by atoms with Crippen LogP contribution in [0.25, 0.3) is 0 Å². The summed E-state index contributed by atoms with van der Waals surface area (Å²) in [6, 6.07) is 10.6. The number of esters is 1. The van der Waals surface area contributed by atoms with Crippen molar-refractivity contribution in [3.05, 3.63) is 57.6 Å². The highest BCUT2D eigenvalue weighted by atomic mass is 79.9. The van der Waals surface area contributed by atoms with E-state index in [1.54, 1.807) is 24.3 Å². The lowest BCUT2D eigenvalue weighted by Crippen LogP contribution is -2.24. The van der Waals surface area contributed by atoms with Crippen LogP contribution in [0.5, 0.6) is 5.75 Å². The second-order valence-corrected chi connectivity index (χ2v) is 7.23. The van der Waals surface area contributed by atoms with Gasteiger partial charge in [-0.05, 0) is 76.8 Å². The minimum Gasteiger partial charge on any atom is -0.481 e. The van der Waals surface area contributed by atoms with Gasteiger partial charge in [-0.3, -0.25) is 9.59 Å². The fraction of sp³-hybridized carbons (Fsp3) is 0.238. The average molecular weight is 476 g/mol. The quantitative estimate of drug-likeness (QED) is 0.264. The predicted octanol–water partition coefficient (Wildman–Crippen LogP) is 3.10. The van der Waals surface area contributed by atoms with Gasteiger partial charge < -0.3 is 14.8 Å². The Labute approximate surface area is 182 Å². The lowest BCUT2D eigenvalue weighted by molar-refractivity contribution is -0.143. The van der Waals surface area contributed by atoms with Crippen molar-refractivity contribution in [1.29, 1.82) is 0 Å². The van der Waals surface area contributed by atoms with Crippen LogP contribution in [0.2, 0.25) is 0 Å². The van der Waals surface area contributed by atoms with Crippen LogP contribution in [0.15, 0.2) is 46.0 Å². The molecule has 0 atom stereocenters. The second-order valence-electron chi connectivity index (χ2n) is 6.37. The highest BCUT2D eigenvalue weighted by Gasteiger charge is 2.10. The summed E-state index contributed by atoms with van der Waals surface area (Å²) in [6.45, 7) is 3.72. The number of ether oxygens (including phenoxy) is 2. The zero-order chi connectivity index (χ0) is 22.1. The average Bonchev–Trinajstić information content (AvgIpc) is 2.69. The Hall–Kier alpha value is -3.20. The molecule has 0 bridgehead atoms. The van der Waals surface area contributed by atoms with Crippen LogP contribution in [0.3, 0.4) is 0 Å². The number of carbonyl (C=O) groups is 3. The summed E-state index contributed by atoms with van der Waals surface area (Å²) >= 11 is 3.33. The van der Waals surface area contributed by atoms with Gasteiger partial charge in [0.1, 0.15) is 12.2 Å². The standard InChI is InChI=1S/C21H22BrN3O5/c1-13-4-6-16(8-14(13)2)24-19(26)10-20(27)25-23-11-15-5-7-18(17(22)9-15)30-12-21(28)29-3/h4-9,11H,10,12H2,1-3H3,(H,24,26)(H,25,27). The minimum atomic E-state index is -0.537. The third kappa shape index (κ3) is 7.32. The fourth-order valence-electron chi connectivity index (χ4n) is 2.30. The maximum atomic E-state index is 12.0. The van der Waals surface area contributed by atoms with Crippen molar-refractivity contribution < 1.29 is 23.9 Å². The van der Waals surface area contributed by atoms with Gasteiger partial charge in [-0.2, -0.15) is 5.10 Å². The van der Waals surface area contributed by atoms with Crippen molar-refractivity contribution in [3.63, 3.8) is 0 Å². The van der Waals surface area contributed by atoms with Gasteiger partial charge in [-0.1, -0.05) is 6.07 Å². The summed E-state index contributed by atoms with van der Waals surface area (Å²) in [5.74, 6) is -0.994. The third-order valence-corrected chi connectivity index (χ3v) is 4.66. The normalized spacial score (nSPS) is 10.5. The van der Waals surface area contributed by atoms with Crippen LogP contribution in [0.1, 0.15) is 23.1 Å². The molecule has 8 nitrogen and oxygen atoms in total. The SMILES string of the molecule is COC(=O)COc1ccc(C=NNC(=O)CC(=O)Nc2ccc(C)c(C)c2)cc1Br. The number of hydrogen-bond acceptors (Lipinski definition) is 6. The molecular weight excluding hydrogens is 454 g/mol. The number of carbonyl (C=O) groups excluding carboxylic acids is 3. The first kappa shape index (κ1) is 23.1. The molecule has 2 aromatic carbocycles. The van der Waals surface area contributed by atoms with Crippen LogP contribution in [-0.2, 0) is 19.1 Å². The monoisotopic (exact) mass is 475 g/mol.